The van der Waals surface area contributed by atoms with Gasteiger partial charge in [0.2, 0.25) is 0 Å². The van der Waals surface area contributed by atoms with Crippen LogP contribution in [0.5, 0.6) is 0 Å². The van der Waals surface area contributed by atoms with E-state index in [1.54, 1.807) is 54.7 Å². The summed E-state index contributed by atoms with van der Waals surface area (Å²) in [4.78, 5) is 0.212. The monoisotopic (exact) mass is 353 g/mol. The Morgan fingerprint density at radius 3 is 2.44 bits per heavy atom. The molecule has 2 aromatic heterocycles. The summed E-state index contributed by atoms with van der Waals surface area (Å²) >= 11 is 0. The molecule has 5 nitrogen and oxygen atoms in total. The SMILES string of the molecule is O=S(=O)(c1ccccc1)n1cc(-c2occc2CO)c2ccccc21. The molecule has 0 amide bonds. The van der Waals surface area contributed by atoms with E-state index in [2.05, 4.69) is 0 Å². The Morgan fingerprint density at radius 2 is 1.68 bits per heavy atom. The standard InChI is InChI=1S/C19H15NO4S/c21-13-14-10-11-24-19(14)17-12-20(18-9-5-4-8-16(17)18)25(22,23)15-6-2-1-3-7-15/h1-12,21H,13H2. The molecule has 0 aliphatic rings. The lowest BCUT2D eigenvalue weighted by atomic mass is 10.1. The predicted octanol–water partition coefficient (Wildman–Crippen LogP) is 3.63. The fourth-order valence-electron chi connectivity index (χ4n) is 2.93. The molecule has 2 heterocycles. The summed E-state index contributed by atoms with van der Waals surface area (Å²) in [6.45, 7) is -0.184. The van der Waals surface area contributed by atoms with Gasteiger partial charge in [-0.25, -0.2) is 12.4 Å². The Labute approximate surface area is 144 Å². The van der Waals surface area contributed by atoms with E-state index in [4.69, 9.17) is 4.42 Å². The molecule has 25 heavy (non-hydrogen) atoms. The van der Waals surface area contributed by atoms with Crippen LogP contribution in [0.15, 0.2) is 82.4 Å². The third-order valence-electron chi connectivity index (χ3n) is 4.14. The second kappa shape index (κ2) is 5.91. The molecule has 0 unspecified atom stereocenters. The van der Waals surface area contributed by atoms with Crippen molar-refractivity contribution >= 4 is 20.9 Å². The molecule has 0 spiro atoms. The molecule has 6 heteroatoms. The van der Waals surface area contributed by atoms with Crippen LogP contribution in [0.25, 0.3) is 22.2 Å². The average Bonchev–Trinajstić information content (AvgIpc) is 3.26. The highest BCUT2D eigenvalue weighted by Gasteiger charge is 2.23. The van der Waals surface area contributed by atoms with Crippen LogP contribution in [0.4, 0.5) is 0 Å². The zero-order valence-corrected chi connectivity index (χ0v) is 14.0. The Kier molecular flexibility index (Phi) is 3.71. The van der Waals surface area contributed by atoms with Crippen LogP contribution in [0.1, 0.15) is 5.56 Å². The predicted molar refractivity (Wildman–Crippen MR) is 94.6 cm³/mol. The number of hydrogen-bond acceptors (Lipinski definition) is 4. The summed E-state index contributed by atoms with van der Waals surface area (Å²) in [5.74, 6) is 0.473. The summed E-state index contributed by atoms with van der Waals surface area (Å²) in [5, 5.41) is 10.2. The minimum Gasteiger partial charge on any atom is -0.464 e. The Bertz CT molecular complexity index is 1140. The molecule has 1 N–H and O–H groups in total. The molecule has 2 aromatic carbocycles. The van der Waals surface area contributed by atoms with Gasteiger partial charge in [0.15, 0.2) is 0 Å². The van der Waals surface area contributed by atoms with Crippen molar-refractivity contribution in [3.8, 4) is 11.3 Å². The van der Waals surface area contributed by atoms with Gasteiger partial charge >= 0.3 is 0 Å². The van der Waals surface area contributed by atoms with Crippen molar-refractivity contribution in [3.05, 3.63) is 78.7 Å². The second-order valence-electron chi connectivity index (χ2n) is 5.61. The van der Waals surface area contributed by atoms with E-state index in [-0.39, 0.29) is 11.5 Å². The van der Waals surface area contributed by atoms with Crippen LogP contribution in [-0.4, -0.2) is 17.5 Å². The zero-order valence-electron chi connectivity index (χ0n) is 13.2. The van der Waals surface area contributed by atoms with Crippen LogP contribution in [0.3, 0.4) is 0 Å². The molecule has 0 aliphatic carbocycles. The fraction of sp³-hybridized carbons (Fsp3) is 0.0526. The molecule has 126 valence electrons. The first-order valence-corrected chi connectivity index (χ1v) is 9.15. The Morgan fingerprint density at radius 1 is 0.960 bits per heavy atom. The van der Waals surface area contributed by atoms with E-state index in [1.807, 2.05) is 12.1 Å². The van der Waals surface area contributed by atoms with Gasteiger partial charge in [-0.05, 0) is 24.3 Å². The molecular formula is C19H15NO4S. The normalized spacial score (nSPS) is 11.9. The van der Waals surface area contributed by atoms with Crippen molar-refractivity contribution in [2.24, 2.45) is 0 Å². The largest absolute Gasteiger partial charge is 0.464 e. The average molecular weight is 353 g/mol. The number of fused-ring (bicyclic) bond motifs is 1. The fourth-order valence-corrected chi connectivity index (χ4v) is 4.32. The number of aliphatic hydroxyl groups excluding tert-OH is 1. The van der Waals surface area contributed by atoms with Gasteiger partial charge in [-0.15, -0.1) is 0 Å². The first-order chi connectivity index (χ1) is 12.1. The highest BCUT2D eigenvalue weighted by atomic mass is 32.2. The first-order valence-electron chi connectivity index (χ1n) is 7.71. The number of furan rings is 1. The maximum atomic E-state index is 13.1. The van der Waals surface area contributed by atoms with E-state index in [1.165, 1.54) is 10.2 Å². The van der Waals surface area contributed by atoms with Gasteiger partial charge in [0.1, 0.15) is 5.76 Å². The van der Waals surface area contributed by atoms with Gasteiger partial charge in [-0.3, -0.25) is 0 Å². The quantitative estimate of drug-likeness (QED) is 0.608. The molecule has 0 atom stereocenters. The third kappa shape index (κ3) is 2.47. The van der Waals surface area contributed by atoms with Crippen molar-refractivity contribution in [1.82, 2.24) is 3.97 Å². The highest BCUT2D eigenvalue weighted by molar-refractivity contribution is 7.90. The molecule has 0 saturated heterocycles. The minimum atomic E-state index is -3.74. The molecule has 0 bridgehead atoms. The molecular weight excluding hydrogens is 338 g/mol. The topological polar surface area (TPSA) is 72.4 Å². The van der Waals surface area contributed by atoms with Gasteiger partial charge < -0.3 is 9.52 Å². The number of para-hydroxylation sites is 1. The smallest absolute Gasteiger partial charge is 0.268 e. The lowest BCUT2D eigenvalue weighted by Crippen LogP contribution is -2.11. The first kappa shape index (κ1) is 15.7. The summed E-state index contributed by atoms with van der Waals surface area (Å²) in [5.41, 5.74) is 1.80. The Balaban J connectivity index is 2.01. The summed E-state index contributed by atoms with van der Waals surface area (Å²) in [6, 6.07) is 17.2. The lowest BCUT2D eigenvalue weighted by Gasteiger charge is -2.07. The number of aliphatic hydroxyl groups is 1. The van der Waals surface area contributed by atoms with Crippen molar-refractivity contribution in [2.75, 3.05) is 0 Å². The van der Waals surface area contributed by atoms with E-state index in [0.29, 0.717) is 22.4 Å². The molecule has 0 radical (unpaired) electrons. The summed E-state index contributed by atoms with van der Waals surface area (Å²) in [6.07, 6.45) is 3.03. The number of benzene rings is 2. The zero-order chi connectivity index (χ0) is 17.4. The minimum absolute atomic E-state index is 0.184. The maximum Gasteiger partial charge on any atom is 0.268 e. The van der Waals surface area contributed by atoms with Crippen LogP contribution < -0.4 is 0 Å². The van der Waals surface area contributed by atoms with E-state index >= 15 is 0 Å². The van der Waals surface area contributed by atoms with Gasteiger partial charge in [0, 0.05) is 22.7 Å². The van der Waals surface area contributed by atoms with Crippen molar-refractivity contribution in [1.29, 1.82) is 0 Å². The maximum absolute atomic E-state index is 13.1. The van der Waals surface area contributed by atoms with Crippen molar-refractivity contribution in [2.45, 2.75) is 11.5 Å². The summed E-state index contributed by atoms with van der Waals surface area (Å²) in [7, 11) is -3.74. The van der Waals surface area contributed by atoms with E-state index < -0.39 is 10.0 Å². The summed E-state index contributed by atoms with van der Waals surface area (Å²) < 4.78 is 32.9. The van der Waals surface area contributed by atoms with Crippen LogP contribution >= 0.6 is 0 Å². The molecule has 0 saturated carbocycles. The van der Waals surface area contributed by atoms with Crippen molar-refractivity contribution in [3.63, 3.8) is 0 Å². The highest BCUT2D eigenvalue weighted by Crippen LogP contribution is 2.35. The molecule has 0 aliphatic heterocycles. The van der Waals surface area contributed by atoms with E-state index in [0.717, 1.165) is 5.39 Å². The van der Waals surface area contributed by atoms with Crippen LogP contribution in [0.2, 0.25) is 0 Å². The lowest BCUT2D eigenvalue weighted by molar-refractivity contribution is 0.281. The number of hydrogen-bond donors (Lipinski definition) is 1. The molecule has 0 fully saturated rings. The van der Waals surface area contributed by atoms with Gasteiger partial charge in [0.25, 0.3) is 10.0 Å². The second-order valence-corrected chi connectivity index (χ2v) is 7.42. The number of rotatable bonds is 4. The molecule has 4 rings (SSSR count). The van der Waals surface area contributed by atoms with E-state index in [9.17, 15) is 13.5 Å². The number of nitrogens with zero attached hydrogens (tertiary/aromatic N) is 1. The Hall–Kier alpha value is -2.83. The number of aromatic nitrogens is 1. The van der Waals surface area contributed by atoms with Crippen LogP contribution in [-0.2, 0) is 16.6 Å². The molecule has 4 aromatic rings. The van der Waals surface area contributed by atoms with Gasteiger partial charge in [-0.2, -0.15) is 0 Å². The van der Waals surface area contributed by atoms with Crippen LogP contribution in [0, 0.1) is 0 Å². The van der Waals surface area contributed by atoms with Crippen molar-refractivity contribution < 1.29 is 17.9 Å². The van der Waals surface area contributed by atoms with Gasteiger partial charge in [-0.1, -0.05) is 36.4 Å². The van der Waals surface area contributed by atoms with Gasteiger partial charge in [0.05, 0.1) is 23.3 Å². The third-order valence-corrected chi connectivity index (χ3v) is 5.83.